The molecular weight excluding hydrogens is 530 g/mol. The van der Waals surface area contributed by atoms with Crippen LogP contribution in [0.3, 0.4) is 0 Å². The number of aromatic nitrogens is 2. The Hall–Kier alpha value is -3.09. The predicted octanol–water partition coefficient (Wildman–Crippen LogP) is 1.93. The van der Waals surface area contributed by atoms with Crippen LogP contribution in [0.15, 0.2) is 18.3 Å². The van der Waals surface area contributed by atoms with Gasteiger partial charge in [0, 0.05) is 56.6 Å². The standard InChI is InChI=1S/C24H30ClN7O4S.CH4/c1-31(2)24(36)13-4-6-15(27-20(33)21(34)30-19-7-5-14(25)11-26-19)17(10-13)28-22(35)23-29-16-8-9-32(3)12-18(16)37-23;/h5,7,11,13,15,17H,4,6,8-10,12H2,1-3H3,(H,27,33)(H,28,35)(H,26,30,34);1H4/t13-,15-,17+;/m0./s1. The van der Waals surface area contributed by atoms with E-state index >= 15 is 0 Å². The zero-order valence-electron chi connectivity index (χ0n) is 20.9. The van der Waals surface area contributed by atoms with E-state index in [9.17, 15) is 19.2 Å². The molecule has 206 valence electrons. The molecule has 0 aromatic carbocycles. The number of nitrogens with zero attached hydrogens (tertiary/aromatic N) is 4. The Morgan fingerprint density at radius 1 is 1.11 bits per heavy atom. The Morgan fingerprint density at radius 2 is 1.87 bits per heavy atom. The van der Waals surface area contributed by atoms with Crippen molar-refractivity contribution in [2.45, 2.75) is 51.7 Å². The molecule has 3 atom stereocenters. The molecule has 0 radical (unpaired) electrons. The molecule has 0 bridgehead atoms. The number of pyridine rings is 1. The lowest BCUT2D eigenvalue weighted by Crippen LogP contribution is -2.57. The topological polar surface area (TPSA) is 137 Å². The van der Waals surface area contributed by atoms with Gasteiger partial charge >= 0.3 is 11.8 Å². The van der Waals surface area contributed by atoms with Crippen molar-refractivity contribution in [2.75, 3.05) is 33.0 Å². The molecule has 1 aliphatic heterocycles. The number of anilines is 1. The van der Waals surface area contributed by atoms with Gasteiger partial charge in [-0.05, 0) is 38.4 Å². The van der Waals surface area contributed by atoms with Gasteiger partial charge in [-0.1, -0.05) is 19.0 Å². The third-order valence-electron chi connectivity index (χ3n) is 6.56. The molecule has 3 heterocycles. The third kappa shape index (κ3) is 7.06. The Morgan fingerprint density at radius 3 is 2.55 bits per heavy atom. The van der Waals surface area contributed by atoms with Crippen molar-refractivity contribution in [1.82, 2.24) is 30.4 Å². The summed E-state index contributed by atoms with van der Waals surface area (Å²) in [5.41, 5.74) is 0.940. The lowest BCUT2D eigenvalue weighted by Gasteiger charge is -2.37. The van der Waals surface area contributed by atoms with Crippen LogP contribution in [-0.4, -0.2) is 83.2 Å². The van der Waals surface area contributed by atoms with E-state index in [4.69, 9.17) is 11.6 Å². The van der Waals surface area contributed by atoms with Crippen molar-refractivity contribution in [1.29, 1.82) is 0 Å². The molecule has 38 heavy (non-hydrogen) atoms. The number of likely N-dealkylation sites (N-methyl/N-ethyl adjacent to an activating group) is 1. The quantitative estimate of drug-likeness (QED) is 0.473. The third-order valence-corrected chi connectivity index (χ3v) is 7.87. The van der Waals surface area contributed by atoms with E-state index in [0.29, 0.717) is 29.3 Å². The Bertz CT molecular complexity index is 1190. The average Bonchev–Trinajstić information content (AvgIpc) is 3.29. The maximum atomic E-state index is 13.2. The Kier molecular flexibility index (Phi) is 9.80. The smallest absolute Gasteiger partial charge is 0.314 e. The highest BCUT2D eigenvalue weighted by Crippen LogP contribution is 2.28. The summed E-state index contributed by atoms with van der Waals surface area (Å²) in [6, 6.07) is 1.95. The van der Waals surface area contributed by atoms with Gasteiger partial charge in [0.05, 0.1) is 16.8 Å². The highest BCUT2D eigenvalue weighted by Gasteiger charge is 2.37. The van der Waals surface area contributed by atoms with Crippen molar-refractivity contribution >= 4 is 52.4 Å². The molecule has 0 spiro atoms. The fraction of sp³-hybridized carbons (Fsp3) is 0.520. The number of carbonyl (C=O) groups is 4. The van der Waals surface area contributed by atoms with E-state index in [1.54, 1.807) is 20.2 Å². The number of nitrogens with one attached hydrogen (secondary N) is 3. The van der Waals surface area contributed by atoms with Gasteiger partial charge in [-0.25, -0.2) is 9.97 Å². The van der Waals surface area contributed by atoms with Gasteiger partial charge in [0.25, 0.3) is 5.91 Å². The van der Waals surface area contributed by atoms with E-state index in [1.807, 2.05) is 7.05 Å². The van der Waals surface area contributed by atoms with Gasteiger partial charge in [0.1, 0.15) is 5.82 Å². The number of carbonyl (C=O) groups excluding carboxylic acids is 4. The first-order valence-corrected chi connectivity index (χ1v) is 13.2. The molecule has 2 aromatic heterocycles. The number of halogens is 1. The molecule has 4 amide bonds. The number of amides is 4. The largest absolute Gasteiger partial charge is 0.349 e. The van der Waals surface area contributed by atoms with Crippen LogP contribution in [0.1, 0.15) is 47.1 Å². The summed E-state index contributed by atoms with van der Waals surface area (Å²) >= 11 is 7.17. The molecule has 2 aliphatic rings. The molecule has 11 nitrogen and oxygen atoms in total. The van der Waals surface area contributed by atoms with Gasteiger partial charge < -0.3 is 25.8 Å². The fourth-order valence-electron chi connectivity index (χ4n) is 4.60. The van der Waals surface area contributed by atoms with Crippen LogP contribution < -0.4 is 16.0 Å². The average molecular weight is 564 g/mol. The zero-order valence-corrected chi connectivity index (χ0v) is 22.5. The molecule has 0 saturated heterocycles. The number of hydrogen-bond donors (Lipinski definition) is 3. The Balaban J connectivity index is 0.00000400. The number of rotatable bonds is 5. The highest BCUT2D eigenvalue weighted by molar-refractivity contribution is 7.13. The number of fused-ring (bicyclic) bond motifs is 1. The van der Waals surface area contributed by atoms with Crippen molar-refractivity contribution in [3.8, 4) is 0 Å². The SMILES string of the molecule is C.CN1CCc2nc(C(=O)N[C@@H]3C[C@@H](C(=O)N(C)C)CC[C@@H]3NC(=O)C(=O)Nc3ccc(Cl)cn3)sc2C1. The second-order valence-electron chi connectivity index (χ2n) is 9.60. The maximum Gasteiger partial charge on any atom is 0.314 e. The Labute approximate surface area is 231 Å². The molecule has 1 aliphatic carbocycles. The maximum absolute atomic E-state index is 13.2. The van der Waals surface area contributed by atoms with Crippen LogP contribution in [0.4, 0.5) is 5.82 Å². The van der Waals surface area contributed by atoms with Gasteiger partial charge in [0.15, 0.2) is 5.01 Å². The predicted molar refractivity (Wildman–Crippen MR) is 146 cm³/mol. The summed E-state index contributed by atoms with van der Waals surface area (Å²) in [6.07, 6.45) is 3.42. The van der Waals surface area contributed by atoms with E-state index in [0.717, 1.165) is 30.1 Å². The summed E-state index contributed by atoms with van der Waals surface area (Å²) in [7, 11) is 5.41. The molecule has 2 aromatic rings. The lowest BCUT2D eigenvalue weighted by atomic mass is 9.81. The first kappa shape index (κ1) is 29.5. The van der Waals surface area contributed by atoms with E-state index in [1.165, 1.54) is 28.5 Å². The van der Waals surface area contributed by atoms with E-state index < -0.39 is 23.9 Å². The second-order valence-corrected chi connectivity index (χ2v) is 11.1. The van der Waals surface area contributed by atoms with Crippen molar-refractivity contribution in [3.63, 3.8) is 0 Å². The normalized spacial score (nSPS) is 20.9. The monoisotopic (exact) mass is 563 g/mol. The summed E-state index contributed by atoms with van der Waals surface area (Å²) in [5.74, 6) is -2.25. The summed E-state index contributed by atoms with van der Waals surface area (Å²) < 4.78 is 0. The van der Waals surface area contributed by atoms with Crippen molar-refractivity contribution in [2.24, 2.45) is 5.92 Å². The van der Waals surface area contributed by atoms with Crippen molar-refractivity contribution in [3.05, 3.63) is 38.9 Å². The molecule has 4 rings (SSSR count). The van der Waals surface area contributed by atoms with Crippen LogP contribution >= 0.6 is 22.9 Å². The lowest BCUT2D eigenvalue weighted by molar-refractivity contribution is -0.137. The first-order chi connectivity index (χ1) is 17.6. The van der Waals surface area contributed by atoms with E-state index in [-0.39, 0.29) is 31.0 Å². The molecule has 1 saturated carbocycles. The van der Waals surface area contributed by atoms with Crippen LogP contribution in [0.2, 0.25) is 5.02 Å². The molecular formula is C25H34ClN7O4S. The summed E-state index contributed by atoms with van der Waals surface area (Å²) in [5, 5.41) is 8.91. The number of thiazole rings is 1. The zero-order chi connectivity index (χ0) is 26.7. The summed E-state index contributed by atoms with van der Waals surface area (Å²) in [6.45, 7) is 1.63. The van der Waals surface area contributed by atoms with Crippen LogP contribution in [-0.2, 0) is 27.3 Å². The number of hydrogen-bond acceptors (Lipinski definition) is 8. The van der Waals surface area contributed by atoms with Crippen LogP contribution in [0, 0.1) is 5.92 Å². The minimum atomic E-state index is -0.886. The first-order valence-electron chi connectivity index (χ1n) is 12.0. The summed E-state index contributed by atoms with van der Waals surface area (Å²) in [4.78, 5) is 64.3. The van der Waals surface area contributed by atoms with Gasteiger partial charge in [-0.3, -0.25) is 19.2 Å². The van der Waals surface area contributed by atoms with Crippen LogP contribution in [0.25, 0.3) is 0 Å². The molecule has 1 fully saturated rings. The van der Waals surface area contributed by atoms with Crippen molar-refractivity contribution < 1.29 is 19.2 Å². The fourth-order valence-corrected chi connectivity index (χ4v) is 5.80. The second kappa shape index (κ2) is 12.6. The highest BCUT2D eigenvalue weighted by atomic mass is 35.5. The van der Waals surface area contributed by atoms with Gasteiger partial charge in [-0.15, -0.1) is 11.3 Å². The molecule has 13 heteroatoms. The minimum absolute atomic E-state index is 0. The van der Waals surface area contributed by atoms with E-state index in [2.05, 4.69) is 30.8 Å². The molecule has 3 N–H and O–H groups in total. The van der Waals surface area contributed by atoms with Crippen LogP contribution in [0.5, 0.6) is 0 Å². The minimum Gasteiger partial charge on any atom is -0.349 e. The molecule has 0 unspecified atom stereocenters. The van der Waals surface area contributed by atoms with Gasteiger partial charge in [-0.2, -0.15) is 0 Å². The van der Waals surface area contributed by atoms with Gasteiger partial charge in [0.2, 0.25) is 5.91 Å².